The van der Waals surface area contributed by atoms with Crippen molar-refractivity contribution in [3.8, 4) is 11.8 Å². The molecule has 0 radical (unpaired) electrons. The van der Waals surface area contributed by atoms with Crippen molar-refractivity contribution in [3.63, 3.8) is 0 Å². The zero-order chi connectivity index (χ0) is 15.4. The second-order valence-corrected chi connectivity index (χ2v) is 5.27. The number of nitrogens with zero attached hydrogens (tertiary/aromatic N) is 2. The zero-order valence-electron chi connectivity index (χ0n) is 12.3. The van der Waals surface area contributed by atoms with Crippen LogP contribution < -0.4 is 9.64 Å². The van der Waals surface area contributed by atoms with E-state index in [2.05, 4.69) is 13.0 Å². The molecule has 1 unspecified atom stereocenters. The summed E-state index contributed by atoms with van der Waals surface area (Å²) in [5.41, 5.74) is 2.55. The smallest absolute Gasteiger partial charge is 0.121 e. The average Bonchev–Trinajstić information content (AvgIpc) is 2.52. The highest BCUT2D eigenvalue weighted by atomic mass is 35.5. The van der Waals surface area contributed by atoms with E-state index in [0.717, 1.165) is 17.0 Å². The molecule has 0 fully saturated rings. The third-order valence-corrected chi connectivity index (χ3v) is 3.85. The summed E-state index contributed by atoms with van der Waals surface area (Å²) in [5.74, 6) is 0.731. The van der Waals surface area contributed by atoms with E-state index in [4.69, 9.17) is 16.3 Å². The largest absolute Gasteiger partial charge is 0.497 e. The third kappa shape index (κ3) is 3.29. The lowest BCUT2D eigenvalue weighted by atomic mass is 10.1. The van der Waals surface area contributed by atoms with Crippen LogP contribution in [-0.2, 0) is 0 Å². The van der Waals surface area contributed by atoms with E-state index in [0.29, 0.717) is 10.6 Å². The molecule has 0 aliphatic heterocycles. The summed E-state index contributed by atoms with van der Waals surface area (Å²) in [4.78, 5) is 2.05. The van der Waals surface area contributed by atoms with Gasteiger partial charge in [-0.3, -0.25) is 0 Å². The van der Waals surface area contributed by atoms with Gasteiger partial charge in [0.2, 0.25) is 0 Å². The minimum atomic E-state index is 0.0860. The van der Waals surface area contributed by atoms with Crippen molar-refractivity contribution in [2.75, 3.05) is 19.1 Å². The summed E-state index contributed by atoms with van der Waals surface area (Å²) >= 11 is 6.05. The number of anilines is 1. The van der Waals surface area contributed by atoms with Gasteiger partial charge in [0.1, 0.15) is 11.8 Å². The first-order valence-corrected chi connectivity index (χ1v) is 7.01. The van der Waals surface area contributed by atoms with Crippen LogP contribution in [0.25, 0.3) is 0 Å². The van der Waals surface area contributed by atoms with Crippen LogP contribution in [0.2, 0.25) is 5.02 Å². The molecule has 108 valence electrons. The summed E-state index contributed by atoms with van der Waals surface area (Å²) in [5, 5.41) is 10.00. The van der Waals surface area contributed by atoms with E-state index in [-0.39, 0.29) is 6.04 Å². The van der Waals surface area contributed by atoms with Crippen LogP contribution in [0, 0.1) is 11.3 Å². The number of nitriles is 1. The van der Waals surface area contributed by atoms with Crippen LogP contribution in [0.4, 0.5) is 5.69 Å². The van der Waals surface area contributed by atoms with Crippen molar-refractivity contribution in [3.05, 3.63) is 58.6 Å². The number of hydrogen-bond donors (Lipinski definition) is 0. The Bertz CT molecular complexity index is 679. The topological polar surface area (TPSA) is 36.3 Å². The maximum atomic E-state index is 9.29. The molecule has 21 heavy (non-hydrogen) atoms. The van der Waals surface area contributed by atoms with E-state index < -0.39 is 0 Å². The maximum Gasteiger partial charge on any atom is 0.121 e. The number of methoxy groups -OCH3 is 1. The highest BCUT2D eigenvalue weighted by Gasteiger charge is 2.16. The van der Waals surface area contributed by atoms with Crippen LogP contribution in [0.5, 0.6) is 5.75 Å². The maximum absolute atomic E-state index is 9.29. The lowest BCUT2D eigenvalue weighted by molar-refractivity contribution is 0.414. The Morgan fingerprint density at radius 3 is 2.62 bits per heavy atom. The molecule has 0 spiro atoms. The summed E-state index contributed by atoms with van der Waals surface area (Å²) in [6, 6.07) is 15.5. The zero-order valence-corrected chi connectivity index (χ0v) is 13.1. The predicted octanol–water partition coefficient (Wildman–Crippen LogP) is 4.42. The lowest BCUT2D eigenvalue weighted by Gasteiger charge is -2.28. The fourth-order valence-corrected chi connectivity index (χ4v) is 2.42. The van der Waals surface area contributed by atoms with Crippen molar-refractivity contribution in [2.24, 2.45) is 0 Å². The number of halogens is 1. The van der Waals surface area contributed by atoms with Gasteiger partial charge < -0.3 is 9.64 Å². The van der Waals surface area contributed by atoms with Gasteiger partial charge in [-0.15, -0.1) is 0 Å². The molecule has 0 heterocycles. The Labute approximate surface area is 130 Å². The molecule has 2 aromatic rings. The predicted molar refractivity (Wildman–Crippen MR) is 86.0 cm³/mol. The molecule has 1 atom stereocenters. The second-order valence-electron chi connectivity index (χ2n) is 4.84. The van der Waals surface area contributed by atoms with E-state index in [1.165, 1.54) is 0 Å². The van der Waals surface area contributed by atoms with Crippen molar-refractivity contribution in [1.82, 2.24) is 0 Å². The average molecular weight is 301 g/mol. The molecule has 3 nitrogen and oxygen atoms in total. The Morgan fingerprint density at radius 1 is 1.24 bits per heavy atom. The first-order valence-electron chi connectivity index (χ1n) is 6.63. The molecule has 0 aliphatic rings. The fraction of sp³-hybridized carbons (Fsp3) is 0.235. The van der Waals surface area contributed by atoms with Crippen LogP contribution in [-0.4, -0.2) is 14.2 Å². The van der Waals surface area contributed by atoms with E-state index in [9.17, 15) is 5.26 Å². The first-order chi connectivity index (χ1) is 10.1. The number of rotatable bonds is 4. The second kappa shape index (κ2) is 6.51. The monoisotopic (exact) mass is 300 g/mol. The molecule has 0 bridgehead atoms. The highest BCUT2D eigenvalue weighted by Crippen LogP contribution is 2.31. The van der Waals surface area contributed by atoms with E-state index in [1.54, 1.807) is 19.2 Å². The molecule has 0 saturated carbocycles. The third-order valence-electron chi connectivity index (χ3n) is 3.62. The van der Waals surface area contributed by atoms with Gasteiger partial charge in [-0.25, -0.2) is 0 Å². The van der Waals surface area contributed by atoms with Crippen LogP contribution in [0.3, 0.4) is 0 Å². The lowest BCUT2D eigenvalue weighted by Crippen LogP contribution is -2.22. The molecule has 0 aliphatic carbocycles. The molecule has 0 amide bonds. The summed E-state index contributed by atoms with van der Waals surface area (Å²) in [6.07, 6.45) is 0. The highest BCUT2D eigenvalue weighted by molar-refractivity contribution is 6.30. The SMILES string of the molecule is COc1ccc(C#N)c(N(C)C(C)c2cccc(Cl)c2)c1. The van der Waals surface area contributed by atoms with Gasteiger partial charge in [0.25, 0.3) is 0 Å². The molecule has 0 aromatic heterocycles. The Balaban J connectivity index is 2.39. The summed E-state index contributed by atoms with van der Waals surface area (Å²) in [7, 11) is 3.58. The Kier molecular flexibility index (Phi) is 4.72. The number of ether oxygens (including phenoxy) is 1. The van der Waals surface area contributed by atoms with Crippen molar-refractivity contribution >= 4 is 17.3 Å². The van der Waals surface area contributed by atoms with Crippen LogP contribution in [0.15, 0.2) is 42.5 Å². The van der Waals surface area contributed by atoms with Gasteiger partial charge in [0.15, 0.2) is 0 Å². The van der Waals surface area contributed by atoms with Gasteiger partial charge in [0.05, 0.1) is 24.4 Å². The number of benzene rings is 2. The molecule has 2 rings (SSSR count). The molecular weight excluding hydrogens is 284 g/mol. The minimum absolute atomic E-state index is 0.0860. The number of hydrogen-bond acceptors (Lipinski definition) is 3. The van der Waals surface area contributed by atoms with E-state index in [1.807, 2.05) is 42.3 Å². The van der Waals surface area contributed by atoms with Gasteiger partial charge in [-0.05, 0) is 36.8 Å². The van der Waals surface area contributed by atoms with Crippen molar-refractivity contribution in [1.29, 1.82) is 5.26 Å². The molecule has 0 saturated heterocycles. The fourth-order valence-electron chi connectivity index (χ4n) is 2.22. The Morgan fingerprint density at radius 2 is 2.00 bits per heavy atom. The van der Waals surface area contributed by atoms with Gasteiger partial charge in [0, 0.05) is 18.1 Å². The molecular formula is C17H17ClN2O. The minimum Gasteiger partial charge on any atom is -0.497 e. The molecule has 2 aromatic carbocycles. The van der Waals surface area contributed by atoms with Crippen molar-refractivity contribution < 1.29 is 4.74 Å². The van der Waals surface area contributed by atoms with Crippen LogP contribution in [0.1, 0.15) is 24.1 Å². The van der Waals surface area contributed by atoms with E-state index >= 15 is 0 Å². The van der Waals surface area contributed by atoms with Gasteiger partial charge in [-0.2, -0.15) is 5.26 Å². The standard InChI is InChI=1S/C17H17ClN2O/c1-12(13-5-4-6-15(18)9-13)20(2)17-10-16(21-3)8-7-14(17)11-19/h4-10,12H,1-3H3. The van der Waals surface area contributed by atoms with Gasteiger partial charge in [-0.1, -0.05) is 23.7 Å². The summed E-state index contributed by atoms with van der Waals surface area (Å²) in [6.45, 7) is 2.08. The Hall–Kier alpha value is -2.18. The molecule has 0 N–H and O–H groups in total. The first kappa shape index (κ1) is 15.2. The normalized spacial score (nSPS) is 11.6. The quantitative estimate of drug-likeness (QED) is 0.838. The van der Waals surface area contributed by atoms with Gasteiger partial charge >= 0.3 is 0 Å². The van der Waals surface area contributed by atoms with Crippen molar-refractivity contribution in [2.45, 2.75) is 13.0 Å². The molecule has 4 heteroatoms. The summed E-state index contributed by atoms with van der Waals surface area (Å²) < 4.78 is 5.25. The van der Waals surface area contributed by atoms with Crippen LogP contribution >= 0.6 is 11.6 Å².